The van der Waals surface area contributed by atoms with E-state index in [-0.39, 0.29) is 17.3 Å². The van der Waals surface area contributed by atoms with Crippen molar-refractivity contribution in [2.24, 2.45) is 5.41 Å². The molecule has 0 unspecified atom stereocenters. The van der Waals surface area contributed by atoms with Crippen molar-refractivity contribution in [1.29, 1.82) is 0 Å². The lowest BCUT2D eigenvalue weighted by Gasteiger charge is -2.16. The van der Waals surface area contributed by atoms with Crippen LogP contribution in [-0.4, -0.2) is 43.2 Å². The number of rotatable bonds is 7. The van der Waals surface area contributed by atoms with Gasteiger partial charge >= 0.3 is 0 Å². The molecule has 0 spiro atoms. The number of hydrogen-bond donors (Lipinski definition) is 2. The summed E-state index contributed by atoms with van der Waals surface area (Å²) in [5.41, 5.74) is 3.35. The Balaban J connectivity index is 0.000000205. The number of aromatic nitrogens is 4. The van der Waals surface area contributed by atoms with Crippen LogP contribution in [-0.2, 0) is 4.79 Å². The molecule has 2 N–H and O–H groups in total. The number of nitrogens with zero attached hydrogens (tertiary/aromatic N) is 4. The quantitative estimate of drug-likeness (QED) is 0.153. The summed E-state index contributed by atoms with van der Waals surface area (Å²) in [5, 5.41) is 15.9. The molecular formula is C42H31Cl7N6O4S2. The zero-order valence-electron chi connectivity index (χ0n) is 32.5. The summed E-state index contributed by atoms with van der Waals surface area (Å²) >= 11 is 45.7. The van der Waals surface area contributed by atoms with Crippen LogP contribution in [0.2, 0.25) is 33.8 Å². The van der Waals surface area contributed by atoms with Crippen molar-refractivity contribution < 1.29 is 19.2 Å². The van der Waals surface area contributed by atoms with Gasteiger partial charge in [-0.15, -0.1) is 22.7 Å². The third-order valence-corrected chi connectivity index (χ3v) is 12.6. The third-order valence-electron chi connectivity index (χ3n) is 8.81. The summed E-state index contributed by atoms with van der Waals surface area (Å²) in [6.07, 6.45) is 0. The molecule has 4 heterocycles. The second-order valence-corrected chi connectivity index (χ2v) is 19.7. The van der Waals surface area contributed by atoms with E-state index in [1.807, 2.05) is 12.1 Å². The van der Waals surface area contributed by atoms with Crippen molar-refractivity contribution in [2.45, 2.75) is 34.6 Å². The van der Waals surface area contributed by atoms with Crippen molar-refractivity contribution >= 4 is 128 Å². The molecule has 19 heteroatoms. The molecule has 61 heavy (non-hydrogen) atoms. The molecule has 4 amide bonds. The summed E-state index contributed by atoms with van der Waals surface area (Å²) in [5.74, 6) is -2.17. The minimum absolute atomic E-state index is 0.0813. The lowest BCUT2D eigenvalue weighted by atomic mass is 9.95. The molecular weight excluding hydrogens is 965 g/mol. The highest BCUT2D eigenvalue weighted by Crippen LogP contribution is 2.39. The van der Waals surface area contributed by atoms with Crippen LogP contribution in [0.3, 0.4) is 0 Å². The summed E-state index contributed by atoms with van der Waals surface area (Å²) in [4.78, 5) is 52.2. The Kier molecular flexibility index (Phi) is 14.4. The number of hydrogen-bond acceptors (Lipinski definition) is 8. The number of imide groups is 2. The summed E-state index contributed by atoms with van der Waals surface area (Å²) < 4.78 is 4.31. The van der Waals surface area contributed by atoms with E-state index in [2.05, 4.69) is 20.8 Å². The standard InChI is InChI=1S/C22H13Cl4N3O2S.C20H18Cl3N3O2S/c1-11-19(22(31)27-21(30)12-2-4-13(23)5-3-12)28-29(16-7-6-14(24)10-15(16)25)20(11)17-8-9-18(26)32-17;1-10-16(18(27)24-19(28)20(2,3)4)25-26(13-6-5-11(21)9-12(13)22)17(10)14-7-8-15(23)29-14/h2-10H,1H3,(H,27,30,31);5-9H,1-4H3,(H,24,27,28). The van der Waals surface area contributed by atoms with E-state index < -0.39 is 23.1 Å². The first-order valence-corrected chi connectivity index (χ1v) is 22.1. The third kappa shape index (κ3) is 10.5. The van der Waals surface area contributed by atoms with Gasteiger partial charge in [0.1, 0.15) is 0 Å². The molecule has 0 saturated heterocycles. The first-order valence-electron chi connectivity index (χ1n) is 17.8. The normalized spacial score (nSPS) is 11.2. The molecule has 0 radical (unpaired) electrons. The van der Waals surface area contributed by atoms with Crippen LogP contribution in [0.4, 0.5) is 0 Å². The Bertz CT molecular complexity index is 2840. The highest BCUT2D eigenvalue weighted by molar-refractivity contribution is 7.19. The maximum absolute atomic E-state index is 13.0. The number of amides is 4. The Morgan fingerprint density at radius 2 is 0.951 bits per heavy atom. The van der Waals surface area contributed by atoms with Gasteiger partial charge in [-0.2, -0.15) is 10.2 Å². The number of carbonyl (C=O) groups is 4. The van der Waals surface area contributed by atoms with Crippen LogP contribution in [0.25, 0.3) is 32.5 Å². The zero-order valence-corrected chi connectivity index (χ0v) is 39.4. The van der Waals surface area contributed by atoms with Crippen molar-refractivity contribution in [3.8, 4) is 32.5 Å². The van der Waals surface area contributed by atoms with Gasteiger partial charge in [-0.3, -0.25) is 29.8 Å². The van der Waals surface area contributed by atoms with Crippen LogP contribution in [0.15, 0.2) is 84.9 Å². The number of benzene rings is 3. The van der Waals surface area contributed by atoms with E-state index in [1.165, 1.54) is 34.8 Å². The van der Waals surface area contributed by atoms with E-state index in [0.29, 0.717) is 73.2 Å². The van der Waals surface area contributed by atoms with E-state index in [4.69, 9.17) is 81.2 Å². The SMILES string of the molecule is Cc1c(C(=O)NC(=O)C(C)(C)C)nn(-c2ccc(Cl)cc2Cl)c1-c1ccc(Cl)s1.Cc1c(C(=O)NC(=O)c2ccc(Cl)cc2)nn(-c2ccc(Cl)cc2Cl)c1-c1ccc(Cl)s1. The minimum Gasteiger partial charge on any atom is -0.290 e. The van der Waals surface area contributed by atoms with Crippen LogP contribution >= 0.6 is 104 Å². The molecule has 0 bridgehead atoms. The molecule has 0 aliphatic heterocycles. The second-order valence-electron chi connectivity index (χ2n) is 14.2. The Morgan fingerprint density at radius 3 is 1.33 bits per heavy atom. The van der Waals surface area contributed by atoms with E-state index >= 15 is 0 Å². The monoisotopic (exact) mass is 992 g/mol. The number of carbonyl (C=O) groups excluding carboxylic acids is 4. The Labute approximate surface area is 393 Å². The number of thiophene rings is 2. The lowest BCUT2D eigenvalue weighted by molar-refractivity contribution is -0.127. The van der Waals surface area contributed by atoms with Crippen LogP contribution in [0.1, 0.15) is 63.2 Å². The molecule has 0 aliphatic rings. The van der Waals surface area contributed by atoms with Gasteiger partial charge in [0.15, 0.2) is 11.4 Å². The lowest BCUT2D eigenvalue weighted by Crippen LogP contribution is -2.39. The average Bonchev–Trinajstić information content (AvgIpc) is 3.97. The molecule has 0 aliphatic carbocycles. The summed E-state index contributed by atoms with van der Waals surface area (Å²) in [7, 11) is 0. The maximum atomic E-state index is 13.0. The molecule has 7 rings (SSSR count). The minimum atomic E-state index is -0.713. The molecule has 314 valence electrons. The van der Waals surface area contributed by atoms with Gasteiger partial charge in [0.25, 0.3) is 17.7 Å². The molecule has 4 aromatic heterocycles. The summed E-state index contributed by atoms with van der Waals surface area (Å²) in [6, 6.07) is 23.4. The van der Waals surface area contributed by atoms with Gasteiger partial charge < -0.3 is 0 Å². The van der Waals surface area contributed by atoms with Crippen LogP contribution in [0.5, 0.6) is 0 Å². The van der Waals surface area contributed by atoms with Crippen LogP contribution < -0.4 is 10.6 Å². The molecule has 0 atom stereocenters. The predicted molar refractivity (Wildman–Crippen MR) is 248 cm³/mol. The van der Waals surface area contributed by atoms with E-state index in [0.717, 1.165) is 9.75 Å². The van der Waals surface area contributed by atoms with Gasteiger partial charge in [-0.1, -0.05) is 102 Å². The fourth-order valence-corrected chi connectivity index (χ4v) is 9.09. The highest BCUT2D eigenvalue weighted by atomic mass is 35.5. The Hall–Kier alpha value is -4.21. The maximum Gasteiger partial charge on any atom is 0.278 e. The van der Waals surface area contributed by atoms with Gasteiger partial charge in [0, 0.05) is 37.2 Å². The molecule has 7 aromatic rings. The zero-order chi connectivity index (χ0) is 44.5. The molecule has 10 nitrogen and oxygen atoms in total. The highest BCUT2D eigenvalue weighted by Gasteiger charge is 2.29. The van der Waals surface area contributed by atoms with Gasteiger partial charge in [0.05, 0.1) is 51.2 Å². The van der Waals surface area contributed by atoms with Crippen molar-refractivity contribution in [3.05, 3.63) is 147 Å². The summed E-state index contributed by atoms with van der Waals surface area (Å²) in [6.45, 7) is 8.71. The Morgan fingerprint density at radius 1 is 0.541 bits per heavy atom. The fraction of sp³-hybridized carbons (Fsp3) is 0.143. The van der Waals surface area contributed by atoms with Gasteiger partial charge in [-0.05, 0) is 98.8 Å². The van der Waals surface area contributed by atoms with Crippen molar-refractivity contribution in [3.63, 3.8) is 0 Å². The predicted octanol–water partition coefficient (Wildman–Crippen LogP) is 13.3. The van der Waals surface area contributed by atoms with Crippen LogP contribution in [0, 0.1) is 19.3 Å². The van der Waals surface area contributed by atoms with E-state index in [9.17, 15) is 19.2 Å². The molecule has 0 fully saturated rings. The van der Waals surface area contributed by atoms with Gasteiger partial charge in [0.2, 0.25) is 5.91 Å². The van der Waals surface area contributed by atoms with Crippen molar-refractivity contribution in [1.82, 2.24) is 30.2 Å². The first-order chi connectivity index (χ1) is 28.7. The smallest absolute Gasteiger partial charge is 0.278 e. The molecule has 3 aromatic carbocycles. The van der Waals surface area contributed by atoms with E-state index in [1.54, 1.807) is 105 Å². The van der Waals surface area contributed by atoms with Gasteiger partial charge in [-0.25, -0.2) is 9.36 Å². The first kappa shape index (κ1) is 46.3. The molecule has 0 saturated carbocycles. The van der Waals surface area contributed by atoms with Crippen molar-refractivity contribution in [2.75, 3.05) is 0 Å². The fourth-order valence-electron chi connectivity index (χ4n) is 5.73. The largest absolute Gasteiger partial charge is 0.290 e. The number of halogens is 7. The number of nitrogens with one attached hydrogen (secondary N) is 2. The topological polar surface area (TPSA) is 128 Å². The average molecular weight is 996 g/mol. The second kappa shape index (κ2) is 19.0.